The summed E-state index contributed by atoms with van der Waals surface area (Å²) in [5.41, 5.74) is 10.4. The first-order valence-corrected chi connectivity index (χ1v) is 23.8. The van der Waals surface area contributed by atoms with Gasteiger partial charge in [0.15, 0.2) is 0 Å². The minimum atomic E-state index is -3.38. The van der Waals surface area contributed by atoms with Crippen molar-refractivity contribution in [3.63, 3.8) is 0 Å². The van der Waals surface area contributed by atoms with E-state index in [0.29, 0.717) is 28.2 Å². The SMILES string of the molecule is [2H]C([2H])([2H])C(c1ccc(-c2ccnc(-c3cc(-c4ccccc4)cc(-c4cccc5c4nc(-c4cc(C(C)(C)C)cc(C(C)(C)C)c4O)n5-c4ccc(C(C)(C)CC)cc4-c4ccccc4)c3)c2)cc1)(C([2H])([2H])[2H])C([2H])([2H])[2H]. The van der Waals surface area contributed by atoms with Crippen LogP contribution in [0.25, 0.3) is 83.9 Å². The first-order chi connectivity index (χ1) is 36.5. The molecule has 1 N–H and O–H groups in total. The van der Waals surface area contributed by atoms with Gasteiger partial charge in [-0.2, -0.15) is 0 Å². The molecule has 0 bridgehead atoms. The summed E-state index contributed by atoms with van der Waals surface area (Å²) >= 11 is 0. The third-order valence-corrected chi connectivity index (χ3v) is 13.8. The van der Waals surface area contributed by atoms with Crippen LogP contribution in [0.3, 0.4) is 0 Å². The summed E-state index contributed by atoms with van der Waals surface area (Å²) in [6, 6.07) is 53.5. The Morgan fingerprint density at radius 1 is 0.493 bits per heavy atom. The van der Waals surface area contributed by atoms with E-state index in [2.05, 4.69) is 170 Å². The van der Waals surface area contributed by atoms with Gasteiger partial charge < -0.3 is 5.11 Å². The monoisotopic (exact) mass is 915 g/mol. The number of aromatic hydroxyl groups is 1. The first kappa shape index (κ1) is 36.9. The molecule has 0 unspecified atom stereocenters. The number of pyridine rings is 1. The molecular formula is C65H67N3O. The molecule has 2 aromatic heterocycles. The number of rotatable bonds is 9. The van der Waals surface area contributed by atoms with Crippen LogP contribution in [0.1, 0.15) is 124 Å². The average molecular weight is 915 g/mol. The molecule has 0 amide bonds. The zero-order chi connectivity index (χ0) is 56.5. The fourth-order valence-electron chi connectivity index (χ4n) is 9.18. The van der Waals surface area contributed by atoms with Crippen molar-refractivity contribution in [2.45, 2.75) is 111 Å². The van der Waals surface area contributed by atoms with Crippen molar-refractivity contribution in [1.82, 2.24) is 14.5 Å². The molecule has 7 aromatic carbocycles. The summed E-state index contributed by atoms with van der Waals surface area (Å²) in [5, 5.41) is 12.7. The molecule has 0 aliphatic heterocycles. The predicted octanol–water partition coefficient (Wildman–Crippen LogP) is 17.7. The van der Waals surface area contributed by atoms with Crippen LogP contribution in [-0.4, -0.2) is 19.6 Å². The predicted molar refractivity (Wildman–Crippen MR) is 293 cm³/mol. The number of phenols is 1. The second-order valence-corrected chi connectivity index (χ2v) is 21.1. The van der Waals surface area contributed by atoms with Crippen LogP contribution in [0.5, 0.6) is 5.75 Å². The van der Waals surface area contributed by atoms with E-state index in [1.807, 2.05) is 30.3 Å². The van der Waals surface area contributed by atoms with Gasteiger partial charge in [-0.25, -0.2) is 4.98 Å². The maximum atomic E-state index is 12.7. The summed E-state index contributed by atoms with van der Waals surface area (Å²) in [4.78, 5) is 10.6. The lowest BCUT2D eigenvalue weighted by Gasteiger charge is -2.28. The molecule has 69 heavy (non-hydrogen) atoms. The largest absolute Gasteiger partial charge is 0.507 e. The van der Waals surface area contributed by atoms with Crippen LogP contribution in [0, 0.1) is 0 Å². The number of fused-ring (bicyclic) bond motifs is 1. The molecule has 0 aliphatic carbocycles. The average Bonchev–Trinajstić information content (AvgIpc) is 3.95. The van der Waals surface area contributed by atoms with Gasteiger partial charge in [-0.15, -0.1) is 0 Å². The number of imidazole rings is 1. The lowest BCUT2D eigenvalue weighted by Crippen LogP contribution is -2.17. The Morgan fingerprint density at radius 3 is 1.77 bits per heavy atom. The zero-order valence-corrected chi connectivity index (χ0v) is 41.2. The number of phenolic OH excluding ortho intramolecular Hbond substituents is 1. The highest BCUT2D eigenvalue weighted by molar-refractivity contribution is 5.98. The molecular weight excluding hydrogens is 839 g/mol. The highest BCUT2D eigenvalue weighted by Gasteiger charge is 2.30. The molecule has 9 aromatic rings. The third kappa shape index (κ3) is 9.30. The molecule has 0 saturated carbocycles. The van der Waals surface area contributed by atoms with Gasteiger partial charge in [0.05, 0.1) is 28.0 Å². The molecule has 4 heteroatoms. The second kappa shape index (κ2) is 17.8. The minimum absolute atomic E-state index is 0.104. The van der Waals surface area contributed by atoms with Gasteiger partial charge in [-0.3, -0.25) is 9.55 Å². The minimum Gasteiger partial charge on any atom is -0.507 e. The summed E-state index contributed by atoms with van der Waals surface area (Å²) in [5.74, 6) is 0.776. The Balaban J connectivity index is 1.30. The second-order valence-electron chi connectivity index (χ2n) is 21.1. The standard InChI is InChI=1S/C65H67N3O/c1-13-65(11,12)50-31-32-57(53(39-50)44-23-18-15-19-24-44)68-58-26-20-25-52(59(58)67-61(68)54-40-51(63(5,6)7)41-55(60(54)69)64(8,9)10)47-35-46(42-21-16-14-17-22-42)36-48(37-47)56-38-45(33-34-66-56)43-27-29-49(30-28-43)62(2,3)4/h14-41,69H,13H2,1-12H3/i2D3,3D3,4D3. The lowest BCUT2D eigenvalue weighted by molar-refractivity contribution is 0.446. The van der Waals surface area contributed by atoms with Gasteiger partial charge in [-0.1, -0.05) is 192 Å². The highest BCUT2D eigenvalue weighted by atomic mass is 16.3. The fourth-order valence-corrected chi connectivity index (χ4v) is 9.18. The molecule has 9 rings (SSSR count). The van der Waals surface area contributed by atoms with Crippen molar-refractivity contribution < 1.29 is 17.4 Å². The summed E-state index contributed by atoms with van der Waals surface area (Å²) in [7, 11) is 0. The Morgan fingerprint density at radius 2 is 1.12 bits per heavy atom. The fraction of sp³-hybridized carbons (Fsp3) is 0.262. The molecule has 0 atom stereocenters. The molecule has 348 valence electrons. The van der Waals surface area contributed by atoms with Crippen LogP contribution in [0.15, 0.2) is 170 Å². The van der Waals surface area contributed by atoms with Crippen LogP contribution < -0.4 is 0 Å². The van der Waals surface area contributed by atoms with Gasteiger partial charge in [-0.05, 0) is 133 Å². The van der Waals surface area contributed by atoms with Crippen molar-refractivity contribution in [2.24, 2.45) is 0 Å². The third-order valence-electron chi connectivity index (χ3n) is 13.8. The number of nitrogens with zero attached hydrogens (tertiary/aromatic N) is 3. The van der Waals surface area contributed by atoms with Crippen molar-refractivity contribution in [3.05, 3.63) is 192 Å². The molecule has 0 aliphatic rings. The Bertz CT molecular complexity index is 3640. The molecule has 0 spiro atoms. The number of aromatic nitrogens is 3. The van der Waals surface area contributed by atoms with E-state index in [-0.39, 0.29) is 22.1 Å². The van der Waals surface area contributed by atoms with E-state index in [0.717, 1.165) is 73.2 Å². The van der Waals surface area contributed by atoms with E-state index in [4.69, 9.17) is 22.3 Å². The van der Waals surface area contributed by atoms with E-state index < -0.39 is 31.4 Å². The van der Waals surface area contributed by atoms with E-state index in [1.165, 1.54) is 17.7 Å². The zero-order valence-electron chi connectivity index (χ0n) is 50.2. The number of benzene rings is 7. The van der Waals surface area contributed by atoms with E-state index >= 15 is 0 Å². The van der Waals surface area contributed by atoms with Gasteiger partial charge in [0.25, 0.3) is 0 Å². The van der Waals surface area contributed by atoms with Crippen LogP contribution in [-0.2, 0) is 21.7 Å². The molecule has 0 radical (unpaired) electrons. The number of para-hydroxylation sites is 1. The quantitative estimate of drug-likeness (QED) is 0.157. The topological polar surface area (TPSA) is 50.9 Å². The normalized spacial score (nSPS) is 14.9. The maximum Gasteiger partial charge on any atom is 0.149 e. The lowest BCUT2D eigenvalue weighted by atomic mass is 9.78. The van der Waals surface area contributed by atoms with Crippen molar-refractivity contribution in [1.29, 1.82) is 0 Å². The van der Waals surface area contributed by atoms with Gasteiger partial charge >= 0.3 is 0 Å². The summed E-state index contributed by atoms with van der Waals surface area (Å²) < 4.78 is 76.4. The smallest absolute Gasteiger partial charge is 0.149 e. The van der Waals surface area contributed by atoms with Gasteiger partial charge in [0.1, 0.15) is 11.6 Å². The molecule has 0 fully saturated rings. The molecule has 2 heterocycles. The van der Waals surface area contributed by atoms with Crippen LogP contribution in [0.2, 0.25) is 0 Å². The Hall–Kier alpha value is -7.04. The summed E-state index contributed by atoms with van der Waals surface area (Å²) in [6.07, 6.45) is 2.63. The first-order valence-electron chi connectivity index (χ1n) is 28.3. The van der Waals surface area contributed by atoms with Gasteiger partial charge in [0, 0.05) is 40.8 Å². The number of hydrogen-bond acceptors (Lipinski definition) is 3. The Kier molecular flexibility index (Phi) is 9.53. The van der Waals surface area contributed by atoms with Crippen molar-refractivity contribution in [3.8, 4) is 78.6 Å². The van der Waals surface area contributed by atoms with Crippen molar-refractivity contribution >= 4 is 11.0 Å². The summed E-state index contributed by atoms with van der Waals surface area (Å²) in [6.45, 7) is 9.56. The van der Waals surface area contributed by atoms with Gasteiger partial charge in [0.2, 0.25) is 0 Å². The van der Waals surface area contributed by atoms with E-state index in [9.17, 15) is 5.11 Å². The van der Waals surface area contributed by atoms with Crippen LogP contribution in [0.4, 0.5) is 0 Å². The van der Waals surface area contributed by atoms with Crippen molar-refractivity contribution in [2.75, 3.05) is 0 Å². The molecule has 0 saturated heterocycles. The number of hydrogen-bond donors (Lipinski definition) is 1. The van der Waals surface area contributed by atoms with E-state index in [1.54, 1.807) is 24.4 Å². The van der Waals surface area contributed by atoms with Crippen LogP contribution >= 0.6 is 0 Å². The highest BCUT2D eigenvalue weighted by Crippen LogP contribution is 2.46. The maximum absolute atomic E-state index is 12.7. The molecule has 4 nitrogen and oxygen atoms in total. The Labute approximate surface area is 423 Å².